The number of hydrogen-bond acceptors (Lipinski definition) is 3. The predicted octanol–water partition coefficient (Wildman–Crippen LogP) is 0.162. The lowest BCUT2D eigenvalue weighted by atomic mass is 9.77. The molecule has 0 unspecified atom stereocenters. The molecule has 0 bridgehead atoms. The van der Waals surface area contributed by atoms with Gasteiger partial charge in [0.15, 0.2) is 0 Å². The molecule has 0 radical (unpaired) electrons. The first-order valence-corrected chi connectivity index (χ1v) is 6.62. The summed E-state index contributed by atoms with van der Waals surface area (Å²) in [6.45, 7) is 2.19. The van der Waals surface area contributed by atoms with Gasteiger partial charge in [0, 0.05) is 39.3 Å². The summed E-state index contributed by atoms with van der Waals surface area (Å²) in [6.07, 6.45) is 5.78. The van der Waals surface area contributed by atoms with E-state index in [1.807, 2.05) is 11.9 Å². The van der Waals surface area contributed by atoms with Crippen molar-refractivity contribution in [3.05, 3.63) is 18.2 Å². The molecule has 2 amide bonds. The van der Waals surface area contributed by atoms with Crippen molar-refractivity contribution < 1.29 is 9.59 Å². The molecule has 0 saturated carbocycles. The maximum Gasteiger partial charge on any atom is 0.274 e. The summed E-state index contributed by atoms with van der Waals surface area (Å²) < 4.78 is 1.78. The van der Waals surface area contributed by atoms with Gasteiger partial charge in [-0.15, -0.1) is 0 Å². The predicted molar refractivity (Wildman–Crippen MR) is 68.4 cm³/mol. The highest BCUT2D eigenvalue weighted by molar-refractivity contribution is 5.92. The highest BCUT2D eigenvalue weighted by atomic mass is 16.2. The van der Waals surface area contributed by atoms with Crippen LogP contribution in [0, 0.1) is 5.41 Å². The topological polar surface area (TPSA) is 67.2 Å². The molecule has 1 aromatic heterocycles. The minimum Gasteiger partial charge on any atom is -0.356 e. The number of amides is 2. The molecule has 2 aliphatic heterocycles. The van der Waals surface area contributed by atoms with Crippen LogP contribution in [0.15, 0.2) is 12.5 Å². The zero-order valence-electron chi connectivity index (χ0n) is 11.1. The van der Waals surface area contributed by atoms with Gasteiger partial charge in [0.05, 0.1) is 6.33 Å². The molecule has 3 heterocycles. The number of aromatic nitrogens is 2. The van der Waals surface area contributed by atoms with Crippen LogP contribution in [-0.4, -0.2) is 45.9 Å². The van der Waals surface area contributed by atoms with Crippen molar-refractivity contribution in [2.24, 2.45) is 12.5 Å². The number of carbonyl (C=O) groups excluding carboxylic acids is 2. The molecule has 2 saturated heterocycles. The largest absolute Gasteiger partial charge is 0.356 e. The van der Waals surface area contributed by atoms with Crippen LogP contribution >= 0.6 is 0 Å². The average molecular weight is 262 g/mol. The van der Waals surface area contributed by atoms with Crippen molar-refractivity contribution in [1.82, 2.24) is 19.8 Å². The van der Waals surface area contributed by atoms with Gasteiger partial charge in [-0.2, -0.15) is 0 Å². The molecule has 0 aromatic carbocycles. The van der Waals surface area contributed by atoms with Crippen LogP contribution in [0.3, 0.4) is 0 Å². The van der Waals surface area contributed by atoms with Crippen molar-refractivity contribution in [3.63, 3.8) is 0 Å². The molecule has 19 heavy (non-hydrogen) atoms. The quantitative estimate of drug-likeness (QED) is 0.784. The summed E-state index contributed by atoms with van der Waals surface area (Å²) in [5, 5.41) is 2.90. The number of carbonyl (C=O) groups is 2. The Balaban J connectivity index is 1.64. The number of hydrogen-bond donors (Lipinski definition) is 1. The Morgan fingerprint density at radius 2 is 2.16 bits per heavy atom. The van der Waals surface area contributed by atoms with E-state index < -0.39 is 0 Å². The first-order valence-electron chi connectivity index (χ1n) is 6.62. The van der Waals surface area contributed by atoms with Gasteiger partial charge in [-0.3, -0.25) is 9.59 Å². The highest BCUT2D eigenvalue weighted by Gasteiger charge is 2.41. The summed E-state index contributed by atoms with van der Waals surface area (Å²) in [5.74, 6) is 0.136. The fourth-order valence-corrected chi connectivity index (χ4v) is 2.97. The summed E-state index contributed by atoms with van der Waals surface area (Å²) in [6, 6.07) is 0. The molecule has 1 spiro atoms. The van der Waals surface area contributed by atoms with Crippen molar-refractivity contribution in [1.29, 1.82) is 0 Å². The maximum atomic E-state index is 12.2. The number of imidazole rings is 1. The van der Waals surface area contributed by atoms with Gasteiger partial charge in [0.2, 0.25) is 5.91 Å². The molecular weight excluding hydrogens is 244 g/mol. The van der Waals surface area contributed by atoms with Gasteiger partial charge < -0.3 is 14.8 Å². The third kappa shape index (κ3) is 2.22. The average Bonchev–Trinajstić information content (AvgIpc) is 2.97. The van der Waals surface area contributed by atoms with Crippen LogP contribution < -0.4 is 5.32 Å². The standard InChI is InChI=1S/C13H18N4O2/c1-16-7-10(15-9-16)12(19)17-4-2-13(3-5-17)6-11(18)14-8-13/h7,9H,2-6,8H2,1H3,(H,14,18). The normalized spacial score (nSPS) is 21.7. The molecule has 0 aliphatic carbocycles. The van der Waals surface area contributed by atoms with Gasteiger partial charge in [0.1, 0.15) is 5.69 Å². The van der Waals surface area contributed by atoms with Crippen molar-refractivity contribution in [2.45, 2.75) is 19.3 Å². The minimum absolute atomic E-state index is 0.00673. The van der Waals surface area contributed by atoms with Gasteiger partial charge in [-0.05, 0) is 18.3 Å². The van der Waals surface area contributed by atoms with Crippen LogP contribution in [0.2, 0.25) is 0 Å². The fraction of sp³-hybridized carbons (Fsp3) is 0.615. The second-order valence-electron chi connectivity index (χ2n) is 5.67. The number of nitrogens with one attached hydrogen (secondary N) is 1. The second-order valence-corrected chi connectivity index (χ2v) is 5.67. The van der Waals surface area contributed by atoms with E-state index in [1.165, 1.54) is 0 Å². The lowest BCUT2D eigenvalue weighted by Crippen LogP contribution is -2.44. The van der Waals surface area contributed by atoms with E-state index in [-0.39, 0.29) is 17.2 Å². The zero-order valence-corrected chi connectivity index (χ0v) is 11.1. The Morgan fingerprint density at radius 1 is 1.42 bits per heavy atom. The summed E-state index contributed by atoms with van der Waals surface area (Å²) in [5.41, 5.74) is 0.580. The number of rotatable bonds is 1. The molecule has 0 atom stereocenters. The van der Waals surface area contributed by atoms with Crippen molar-refractivity contribution >= 4 is 11.8 Å². The Kier molecular flexibility index (Phi) is 2.80. The number of aryl methyl sites for hydroxylation is 1. The van der Waals surface area contributed by atoms with E-state index in [1.54, 1.807) is 17.1 Å². The van der Waals surface area contributed by atoms with Crippen LogP contribution in [0.1, 0.15) is 29.8 Å². The molecular formula is C13H18N4O2. The number of likely N-dealkylation sites (tertiary alicyclic amines) is 1. The van der Waals surface area contributed by atoms with E-state index >= 15 is 0 Å². The van der Waals surface area contributed by atoms with Crippen molar-refractivity contribution in [3.8, 4) is 0 Å². The first-order chi connectivity index (χ1) is 9.08. The van der Waals surface area contributed by atoms with Gasteiger partial charge in [-0.25, -0.2) is 4.98 Å². The third-order valence-electron chi connectivity index (χ3n) is 4.23. The number of piperidine rings is 1. The smallest absolute Gasteiger partial charge is 0.274 e. The van der Waals surface area contributed by atoms with E-state index in [2.05, 4.69) is 10.3 Å². The minimum atomic E-state index is -0.00673. The van der Waals surface area contributed by atoms with Crippen LogP contribution in [0.4, 0.5) is 0 Å². The summed E-state index contributed by atoms with van der Waals surface area (Å²) in [4.78, 5) is 29.5. The molecule has 2 fully saturated rings. The summed E-state index contributed by atoms with van der Waals surface area (Å²) >= 11 is 0. The van der Waals surface area contributed by atoms with E-state index in [4.69, 9.17) is 0 Å². The van der Waals surface area contributed by atoms with Crippen LogP contribution in [-0.2, 0) is 11.8 Å². The van der Waals surface area contributed by atoms with Gasteiger partial charge >= 0.3 is 0 Å². The zero-order chi connectivity index (χ0) is 13.5. The Labute approximate surface area is 111 Å². The van der Waals surface area contributed by atoms with Gasteiger partial charge in [-0.1, -0.05) is 0 Å². The van der Waals surface area contributed by atoms with Gasteiger partial charge in [0.25, 0.3) is 5.91 Å². The molecule has 1 aromatic rings. The monoisotopic (exact) mass is 262 g/mol. The molecule has 102 valence electrons. The highest BCUT2D eigenvalue weighted by Crippen LogP contribution is 2.37. The maximum absolute atomic E-state index is 12.2. The number of nitrogens with zero attached hydrogens (tertiary/aromatic N) is 3. The molecule has 6 nitrogen and oxygen atoms in total. The molecule has 2 aliphatic rings. The summed E-state index contributed by atoms with van der Waals surface area (Å²) in [7, 11) is 1.85. The van der Waals surface area contributed by atoms with Crippen LogP contribution in [0.25, 0.3) is 0 Å². The Morgan fingerprint density at radius 3 is 2.68 bits per heavy atom. The fourth-order valence-electron chi connectivity index (χ4n) is 2.97. The van der Waals surface area contributed by atoms with Crippen LogP contribution in [0.5, 0.6) is 0 Å². The molecule has 1 N–H and O–H groups in total. The molecule has 6 heteroatoms. The molecule has 3 rings (SSSR count). The lowest BCUT2D eigenvalue weighted by molar-refractivity contribution is -0.119. The second kappa shape index (κ2) is 4.36. The Hall–Kier alpha value is -1.85. The van der Waals surface area contributed by atoms with E-state index in [9.17, 15) is 9.59 Å². The lowest BCUT2D eigenvalue weighted by Gasteiger charge is -2.37. The van der Waals surface area contributed by atoms with E-state index in [0.717, 1.165) is 19.4 Å². The van der Waals surface area contributed by atoms with Crippen molar-refractivity contribution in [2.75, 3.05) is 19.6 Å². The third-order valence-corrected chi connectivity index (χ3v) is 4.23. The first kappa shape index (κ1) is 12.2. The van der Waals surface area contributed by atoms with E-state index in [0.29, 0.717) is 25.2 Å². The Bertz CT molecular complexity index is 514. The SMILES string of the molecule is Cn1cnc(C(=O)N2CCC3(CC2)CNC(=O)C3)c1.